The van der Waals surface area contributed by atoms with Gasteiger partial charge in [-0.1, -0.05) is 39.3 Å². The van der Waals surface area contributed by atoms with Gasteiger partial charge in [-0.25, -0.2) is 4.98 Å². The number of halogens is 1. The molecule has 0 fully saturated rings. The topological polar surface area (TPSA) is 24.9 Å². The lowest BCUT2D eigenvalue weighted by atomic mass is 9.95. The monoisotopic (exact) mass is 254 g/mol. The number of nitrogens with zero attached hydrogens (tertiary/aromatic N) is 1. The Morgan fingerprint density at radius 3 is 2.12 bits per heavy atom. The van der Waals surface area contributed by atoms with E-state index in [0.717, 1.165) is 5.69 Å². The van der Waals surface area contributed by atoms with Gasteiger partial charge in [0.1, 0.15) is 5.15 Å². The van der Waals surface area contributed by atoms with E-state index in [1.807, 2.05) is 12.1 Å². The summed E-state index contributed by atoms with van der Waals surface area (Å²) in [5.74, 6) is 1.40. The number of pyridine rings is 1. The first-order valence-corrected chi connectivity index (χ1v) is 6.73. The molecule has 3 heteroatoms. The fourth-order valence-electron chi connectivity index (χ4n) is 2.05. The summed E-state index contributed by atoms with van der Waals surface area (Å²) in [5, 5.41) is 4.09. The van der Waals surface area contributed by atoms with Crippen LogP contribution in [0.5, 0.6) is 0 Å². The van der Waals surface area contributed by atoms with Crippen molar-refractivity contribution in [2.75, 3.05) is 5.32 Å². The molecule has 96 valence electrons. The quantitative estimate of drug-likeness (QED) is 0.750. The Hall–Kier alpha value is -0.760. The van der Waals surface area contributed by atoms with E-state index < -0.39 is 0 Å². The van der Waals surface area contributed by atoms with Crippen molar-refractivity contribution in [1.29, 1.82) is 0 Å². The summed E-state index contributed by atoms with van der Waals surface area (Å²) in [5.41, 5.74) is 1.06. The zero-order valence-electron chi connectivity index (χ0n) is 11.2. The molecule has 1 aromatic heterocycles. The molecule has 0 aliphatic heterocycles. The van der Waals surface area contributed by atoms with Crippen LogP contribution in [0.3, 0.4) is 0 Å². The highest BCUT2D eigenvalue weighted by atomic mass is 35.5. The molecule has 1 N–H and O–H groups in total. The van der Waals surface area contributed by atoms with Crippen LogP contribution in [0, 0.1) is 11.8 Å². The van der Waals surface area contributed by atoms with Crippen molar-refractivity contribution < 1.29 is 0 Å². The van der Waals surface area contributed by atoms with Crippen LogP contribution < -0.4 is 5.32 Å². The lowest BCUT2D eigenvalue weighted by molar-refractivity contribution is 0.442. The molecule has 17 heavy (non-hydrogen) atoms. The average Bonchev–Trinajstić information content (AvgIpc) is 2.19. The molecule has 1 heterocycles. The Kier molecular flexibility index (Phi) is 5.76. The standard InChI is InChI=1S/C14H23ClN2/c1-10(2)7-13(8-11(3)4)17-12-5-6-14(15)16-9-12/h5-6,9-11,13,17H,7-8H2,1-4H3. The molecule has 0 amide bonds. The zero-order valence-corrected chi connectivity index (χ0v) is 12.0. The van der Waals surface area contributed by atoms with E-state index in [2.05, 4.69) is 38.0 Å². The highest BCUT2D eigenvalue weighted by Crippen LogP contribution is 2.19. The number of rotatable bonds is 6. The van der Waals surface area contributed by atoms with Gasteiger partial charge in [0.2, 0.25) is 0 Å². The van der Waals surface area contributed by atoms with E-state index in [-0.39, 0.29) is 0 Å². The first kappa shape index (κ1) is 14.3. The van der Waals surface area contributed by atoms with Crippen molar-refractivity contribution >= 4 is 17.3 Å². The molecular formula is C14H23ClN2. The smallest absolute Gasteiger partial charge is 0.129 e. The van der Waals surface area contributed by atoms with E-state index >= 15 is 0 Å². The highest BCUT2D eigenvalue weighted by Gasteiger charge is 2.12. The van der Waals surface area contributed by atoms with Gasteiger partial charge in [0.15, 0.2) is 0 Å². The summed E-state index contributed by atoms with van der Waals surface area (Å²) in [4.78, 5) is 4.09. The van der Waals surface area contributed by atoms with Crippen LogP contribution in [0.1, 0.15) is 40.5 Å². The molecule has 0 aliphatic rings. The minimum atomic E-state index is 0.512. The van der Waals surface area contributed by atoms with E-state index in [1.165, 1.54) is 12.8 Å². The Labute approximate surface area is 110 Å². The van der Waals surface area contributed by atoms with Crippen LogP contribution in [0.4, 0.5) is 5.69 Å². The Balaban J connectivity index is 2.61. The van der Waals surface area contributed by atoms with Gasteiger partial charge in [-0.2, -0.15) is 0 Å². The second-order valence-corrected chi connectivity index (χ2v) is 5.86. The molecule has 1 aromatic rings. The van der Waals surface area contributed by atoms with Gasteiger partial charge in [0, 0.05) is 6.04 Å². The van der Waals surface area contributed by atoms with Crippen molar-refractivity contribution in [2.24, 2.45) is 11.8 Å². The summed E-state index contributed by atoms with van der Waals surface area (Å²) < 4.78 is 0. The molecule has 0 aliphatic carbocycles. The third kappa shape index (κ3) is 5.92. The lowest BCUT2D eigenvalue weighted by Crippen LogP contribution is -2.23. The Morgan fingerprint density at radius 1 is 1.12 bits per heavy atom. The van der Waals surface area contributed by atoms with Gasteiger partial charge in [0.05, 0.1) is 11.9 Å². The number of hydrogen-bond acceptors (Lipinski definition) is 2. The van der Waals surface area contributed by atoms with Crippen molar-refractivity contribution in [3.05, 3.63) is 23.5 Å². The maximum absolute atomic E-state index is 5.78. The molecule has 0 aromatic carbocycles. The van der Waals surface area contributed by atoms with Crippen LogP contribution >= 0.6 is 11.6 Å². The third-order valence-corrected chi connectivity index (χ3v) is 2.83. The second-order valence-electron chi connectivity index (χ2n) is 5.47. The first-order chi connectivity index (χ1) is 7.97. The van der Waals surface area contributed by atoms with Crippen molar-refractivity contribution in [1.82, 2.24) is 4.98 Å². The summed E-state index contributed by atoms with van der Waals surface area (Å²) in [6.45, 7) is 9.04. The fourth-order valence-corrected chi connectivity index (χ4v) is 2.16. The molecule has 0 radical (unpaired) electrons. The summed E-state index contributed by atoms with van der Waals surface area (Å²) in [6.07, 6.45) is 4.16. The normalized spacial score (nSPS) is 11.5. The van der Waals surface area contributed by atoms with Crippen molar-refractivity contribution in [2.45, 2.75) is 46.6 Å². The molecule has 0 spiro atoms. The predicted octanol–water partition coefficient (Wildman–Crippen LogP) is 4.61. The summed E-state index contributed by atoms with van der Waals surface area (Å²) in [7, 11) is 0. The van der Waals surface area contributed by atoms with Gasteiger partial charge in [0.25, 0.3) is 0 Å². The van der Waals surface area contributed by atoms with E-state index in [0.29, 0.717) is 23.0 Å². The molecular weight excluding hydrogens is 232 g/mol. The Morgan fingerprint density at radius 2 is 1.71 bits per heavy atom. The van der Waals surface area contributed by atoms with Crippen LogP contribution in [-0.4, -0.2) is 11.0 Å². The minimum absolute atomic E-state index is 0.512. The highest BCUT2D eigenvalue weighted by molar-refractivity contribution is 6.29. The van der Waals surface area contributed by atoms with Gasteiger partial charge in [-0.3, -0.25) is 0 Å². The second kappa shape index (κ2) is 6.85. The van der Waals surface area contributed by atoms with Crippen LogP contribution in [0.2, 0.25) is 5.15 Å². The molecule has 0 unspecified atom stereocenters. The number of anilines is 1. The molecule has 0 atom stereocenters. The summed E-state index contributed by atoms with van der Waals surface area (Å²) in [6, 6.07) is 4.33. The van der Waals surface area contributed by atoms with Crippen LogP contribution in [0.25, 0.3) is 0 Å². The van der Waals surface area contributed by atoms with Gasteiger partial charge in [-0.05, 0) is 36.8 Å². The molecule has 0 saturated heterocycles. The molecule has 1 rings (SSSR count). The van der Waals surface area contributed by atoms with Gasteiger partial charge in [-0.15, -0.1) is 0 Å². The lowest BCUT2D eigenvalue weighted by Gasteiger charge is -2.23. The number of aromatic nitrogens is 1. The minimum Gasteiger partial charge on any atom is -0.381 e. The fraction of sp³-hybridized carbons (Fsp3) is 0.643. The number of hydrogen-bond donors (Lipinski definition) is 1. The SMILES string of the molecule is CC(C)CC(CC(C)C)Nc1ccc(Cl)nc1. The molecule has 2 nitrogen and oxygen atoms in total. The van der Waals surface area contributed by atoms with E-state index in [4.69, 9.17) is 11.6 Å². The van der Waals surface area contributed by atoms with Gasteiger partial charge < -0.3 is 5.32 Å². The maximum Gasteiger partial charge on any atom is 0.129 e. The molecule has 0 saturated carbocycles. The van der Waals surface area contributed by atoms with Gasteiger partial charge >= 0.3 is 0 Å². The first-order valence-electron chi connectivity index (χ1n) is 6.35. The van der Waals surface area contributed by atoms with Crippen molar-refractivity contribution in [3.63, 3.8) is 0 Å². The largest absolute Gasteiger partial charge is 0.381 e. The zero-order chi connectivity index (χ0) is 12.8. The predicted molar refractivity (Wildman–Crippen MR) is 75.6 cm³/mol. The third-order valence-electron chi connectivity index (χ3n) is 2.61. The molecule has 0 bridgehead atoms. The van der Waals surface area contributed by atoms with Crippen LogP contribution in [0.15, 0.2) is 18.3 Å². The Bertz CT molecular complexity index is 309. The van der Waals surface area contributed by atoms with E-state index in [1.54, 1.807) is 6.20 Å². The average molecular weight is 255 g/mol. The van der Waals surface area contributed by atoms with Crippen LogP contribution in [-0.2, 0) is 0 Å². The number of nitrogens with one attached hydrogen (secondary N) is 1. The maximum atomic E-state index is 5.78. The van der Waals surface area contributed by atoms with E-state index in [9.17, 15) is 0 Å². The summed E-state index contributed by atoms with van der Waals surface area (Å²) >= 11 is 5.78. The van der Waals surface area contributed by atoms with Crippen molar-refractivity contribution in [3.8, 4) is 0 Å².